The van der Waals surface area contributed by atoms with Crippen LogP contribution in [-0.2, 0) is 29.6 Å². The van der Waals surface area contributed by atoms with Crippen molar-refractivity contribution in [3.8, 4) is 22.6 Å². The number of nitrogens with zero attached hydrogens (tertiary/aromatic N) is 2. The molecule has 350 valence electrons. The lowest BCUT2D eigenvalue weighted by Crippen LogP contribution is -2.20. The molecule has 0 aliphatic heterocycles. The molecule has 0 saturated heterocycles. The van der Waals surface area contributed by atoms with E-state index in [1.807, 2.05) is 0 Å². The minimum absolute atomic E-state index is 0.0463. The number of aliphatic hydroxyl groups excluding tert-OH is 2. The lowest BCUT2D eigenvalue weighted by molar-refractivity contribution is -0.113. The second kappa shape index (κ2) is 18.1. The molecule has 0 atom stereocenters. The van der Waals surface area contributed by atoms with Crippen LogP contribution in [0.15, 0.2) is 118 Å². The topological polar surface area (TPSA) is 257 Å². The molecule has 0 fully saturated rings. The molecule has 2 heterocycles. The van der Waals surface area contributed by atoms with Gasteiger partial charge in [-0.05, 0) is 96.5 Å². The Hall–Kier alpha value is -7.26. The fourth-order valence-electron chi connectivity index (χ4n) is 8.29. The Morgan fingerprint density at radius 1 is 0.559 bits per heavy atom. The number of carbonyl (C=O) groups is 2. The molecular weight excluding hydrogens is 949 g/mol. The Balaban J connectivity index is 1.22. The molecule has 2 aliphatic carbocycles. The van der Waals surface area contributed by atoms with Gasteiger partial charge in [-0.3, -0.25) is 19.0 Å². The van der Waals surface area contributed by atoms with Gasteiger partial charge in [0.1, 0.15) is 11.5 Å². The Kier molecular flexibility index (Phi) is 12.6. The van der Waals surface area contributed by atoms with Crippen molar-refractivity contribution in [2.45, 2.75) is 51.3 Å². The lowest BCUT2D eigenvalue weighted by Gasteiger charge is -2.29. The molecule has 0 amide bonds. The summed E-state index contributed by atoms with van der Waals surface area (Å²) in [4.78, 5) is 36.1. The summed E-state index contributed by atoms with van der Waals surface area (Å²) in [5, 5.41) is 57.5. The highest BCUT2D eigenvalue weighted by atomic mass is 32.2. The van der Waals surface area contributed by atoms with Crippen LogP contribution >= 0.6 is 22.7 Å². The van der Waals surface area contributed by atoms with Crippen molar-refractivity contribution in [2.24, 2.45) is 11.8 Å². The predicted molar refractivity (Wildman–Crippen MR) is 265 cm³/mol. The van der Waals surface area contributed by atoms with E-state index in [2.05, 4.69) is 30.0 Å². The summed E-state index contributed by atoms with van der Waals surface area (Å²) in [5.74, 6) is -4.24. The minimum Gasteiger partial charge on any atom is -0.507 e. The molecule has 68 heavy (non-hydrogen) atoms. The molecule has 0 radical (unpaired) electrons. The Morgan fingerprint density at radius 3 is 1.22 bits per heavy atom. The number of carbonyl (C=O) groups excluding carboxylic acids is 2. The van der Waals surface area contributed by atoms with E-state index < -0.39 is 54.6 Å². The molecule has 0 saturated carbocycles. The zero-order valence-electron chi connectivity index (χ0n) is 37.2. The molecule has 2 aromatic heterocycles. The van der Waals surface area contributed by atoms with Crippen molar-refractivity contribution >= 4 is 98.2 Å². The first kappa shape index (κ1) is 47.2. The van der Waals surface area contributed by atoms with E-state index in [-0.39, 0.29) is 76.4 Å². The van der Waals surface area contributed by atoms with Crippen LogP contribution in [0.25, 0.3) is 33.4 Å². The third kappa shape index (κ3) is 8.62. The van der Waals surface area contributed by atoms with Crippen molar-refractivity contribution in [2.75, 3.05) is 20.1 Å². The van der Waals surface area contributed by atoms with Crippen molar-refractivity contribution in [1.82, 2.24) is 9.97 Å². The molecule has 8 N–H and O–H groups in total. The molecule has 20 heteroatoms. The first-order valence-electron chi connectivity index (χ1n) is 20.9. The average Bonchev–Trinajstić information content (AvgIpc) is 4.00. The van der Waals surface area contributed by atoms with E-state index in [9.17, 15) is 46.9 Å². The highest BCUT2D eigenvalue weighted by Crippen LogP contribution is 2.53. The molecular formula is C48H44N6O10S4. The van der Waals surface area contributed by atoms with Crippen LogP contribution in [-0.4, -0.2) is 58.8 Å². The molecule has 0 spiro atoms. The first-order valence-corrected chi connectivity index (χ1v) is 25.6. The smallest absolute Gasteiger partial charge is 0.263 e. The molecule has 6 aromatic rings. The zero-order valence-corrected chi connectivity index (χ0v) is 40.4. The summed E-state index contributed by atoms with van der Waals surface area (Å²) in [7, 11) is -7.92. The number of allylic oxidation sites excluding steroid dienone is 4. The van der Waals surface area contributed by atoms with Gasteiger partial charge in [-0.1, -0.05) is 39.8 Å². The van der Waals surface area contributed by atoms with Crippen LogP contribution in [0.1, 0.15) is 61.1 Å². The number of anilines is 4. The van der Waals surface area contributed by atoms with Crippen LogP contribution in [0.3, 0.4) is 0 Å². The highest BCUT2D eigenvalue weighted by Gasteiger charge is 2.38. The number of hydrogen-bond acceptors (Lipinski definition) is 16. The highest BCUT2D eigenvalue weighted by molar-refractivity contribution is 7.93. The molecule has 0 bridgehead atoms. The number of thiazole rings is 2. The third-order valence-electron chi connectivity index (χ3n) is 11.4. The fourth-order valence-corrected chi connectivity index (χ4v) is 11.9. The van der Waals surface area contributed by atoms with Gasteiger partial charge >= 0.3 is 0 Å². The maximum absolute atomic E-state index is 14.1. The van der Waals surface area contributed by atoms with Gasteiger partial charge in [-0.2, -0.15) is 0 Å². The minimum atomic E-state index is -3.96. The van der Waals surface area contributed by atoms with Gasteiger partial charge in [0.2, 0.25) is 11.6 Å². The second-order valence-corrected chi connectivity index (χ2v) is 21.7. The summed E-state index contributed by atoms with van der Waals surface area (Å²) in [6, 6.07) is 14.8. The Morgan fingerprint density at radius 2 is 0.912 bits per heavy atom. The van der Waals surface area contributed by atoms with E-state index in [1.165, 1.54) is 73.3 Å². The van der Waals surface area contributed by atoms with Gasteiger partial charge in [0.15, 0.2) is 21.8 Å². The number of aryl methyl sites for hydroxylation is 2. The predicted octanol–water partition coefficient (Wildman–Crippen LogP) is 9.82. The number of hydrogen-bond donors (Lipinski definition) is 8. The Bertz CT molecular complexity index is 3170. The largest absolute Gasteiger partial charge is 0.507 e. The van der Waals surface area contributed by atoms with Gasteiger partial charge in [0.05, 0.1) is 20.9 Å². The number of aliphatic hydroxyl groups is 2. The average molecular weight is 993 g/mol. The van der Waals surface area contributed by atoms with Crippen LogP contribution in [0.2, 0.25) is 0 Å². The number of phenolic OH excluding ortho intramolecular Hbond substituents is 2. The molecule has 2 aliphatic rings. The number of aromatic hydroxyl groups is 2. The quantitative estimate of drug-likeness (QED) is 0.0501. The van der Waals surface area contributed by atoms with Crippen LogP contribution in [0, 0.1) is 25.7 Å². The maximum atomic E-state index is 14.1. The van der Waals surface area contributed by atoms with E-state index >= 15 is 0 Å². The number of sulfonamides is 2. The Labute approximate surface area is 399 Å². The van der Waals surface area contributed by atoms with E-state index in [0.717, 1.165) is 22.7 Å². The van der Waals surface area contributed by atoms with Gasteiger partial charge in [0.25, 0.3) is 20.0 Å². The lowest BCUT2D eigenvalue weighted by atomic mass is 9.75. The number of Topliss-reactive ketones (excluding diaryl/α,β-unsaturated/α-hetero) is 2. The number of benzene rings is 4. The summed E-state index contributed by atoms with van der Waals surface area (Å²) < 4.78 is 56.7. The number of aromatic nitrogens is 2. The number of ketones is 2. The van der Waals surface area contributed by atoms with Gasteiger partial charge in [-0.15, -0.1) is 22.7 Å². The monoisotopic (exact) mass is 992 g/mol. The summed E-state index contributed by atoms with van der Waals surface area (Å²) in [6.07, 6.45) is 5.55. The van der Waals surface area contributed by atoms with Crippen molar-refractivity contribution < 1.29 is 46.9 Å². The zero-order chi connectivity index (χ0) is 49.0. The summed E-state index contributed by atoms with van der Waals surface area (Å²) in [5.41, 5.74) is 3.01. The SMILES string of the molecule is Cc1cc2c(c(O)c1-c1c(C)cc3c(c1O)/C(=C/Nc1ccc(S(=O)(=O)Nc4nccs4)cc1)C(=O)C(O)=C3C(C)C)/C(=C/Nc1ccc(S(=O)(=O)Nc3nccs3)cc1)C(=O)C(O)=C2C(C)C. The van der Waals surface area contributed by atoms with Crippen molar-refractivity contribution in [3.05, 3.63) is 141 Å². The van der Waals surface area contributed by atoms with Crippen LogP contribution in [0.5, 0.6) is 11.5 Å². The molecule has 4 aromatic carbocycles. The van der Waals surface area contributed by atoms with Crippen molar-refractivity contribution in [3.63, 3.8) is 0 Å². The first-order chi connectivity index (χ1) is 32.2. The third-order valence-corrected chi connectivity index (χ3v) is 15.7. The van der Waals surface area contributed by atoms with Gasteiger partial charge in [0, 0.05) is 80.3 Å². The van der Waals surface area contributed by atoms with Gasteiger partial charge in [-0.25, -0.2) is 26.8 Å². The fraction of sp³-hybridized carbons (Fsp3) is 0.167. The molecule has 16 nitrogen and oxygen atoms in total. The van der Waals surface area contributed by atoms with E-state index in [0.29, 0.717) is 33.6 Å². The maximum Gasteiger partial charge on any atom is 0.263 e. The number of rotatable bonds is 13. The summed E-state index contributed by atoms with van der Waals surface area (Å²) in [6.45, 7) is 10.6. The second-order valence-electron chi connectivity index (χ2n) is 16.5. The van der Waals surface area contributed by atoms with Crippen LogP contribution in [0.4, 0.5) is 21.6 Å². The molecule has 0 unspecified atom stereocenters. The normalized spacial score (nSPS) is 15.4. The number of fused-ring (bicyclic) bond motifs is 2. The van der Waals surface area contributed by atoms with E-state index in [4.69, 9.17) is 0 Å². The summed E-state index contributed by atoms with van der Waals surface area (Å²) >= 11 is 2.24. The molecule has 8 rings (SSSR count). The standard InChI is InChI=1S/C48H44N6O10S4/c1-23(2)35-31-19-25(5)37(43(57)39(31)33(41(55)45(35)59)21-51-27-7-11-29(12-8-27)67(61,62)53-47-49-15-17-65-47)38-26(6)20-32-36(24(3)4)46(60)42(56)34(40(32)44(38)58)22-52-28-9-13-30(14-10-28)68(63,64)54-48-50-16-18-66-48/h7-24,51-52,57-60H,1-6H3,(H,49,53)(H,50,54)/b33-21-,34-22-. The van der Waals surface area contributed by atoms with Crippen molar-refractivity contribution in [1.29, 1.82) is 0 Å². The van der Waals surface area contributed by atoms with Gasteiger partial charge < -0.3 is 31.1 Å². The van der Waals surface area contributed by atoms with Crippen LogP contribution < -0.4 is 20.1 Å². The van der Waals surface area contributed by atoms with E-state index in [1.54, 1.807) is 64.4 Å². The number of nitrogens with one attached hydrogen (secondary N) is 4. The number of phenols is 2.